The van der Waals surface area contributed by atoms with Gasteiger partial charge in [0.25, 0.3) is 11.6 Å². The molecular formula is C22H16ClN3O4. The molecule has 0 fully saturated rings. The van der Waals surface area contributed by atoms with E-state index in [1.807, 2.05) is 25.1 Å². The Morgan fingerprint density at radius 1 is 1.10 bits per heavy atom. The number of nitro benzene ring substituents is 1. The van der Waals surface area contributed by atoms with E-state index in [2.05, 4.69) is 10.3 Å². The van der Waals surface area contributed by atoms with Gasteiger partial charge in [-0.3, -0.25) is 14.9 Å². The van der Waals surface area contributed by atoms with Crippen LogP contribution in [0.5, 0.6) is 0 Å². The summed E-state index contributed by atoms with van der Waals surface area (Å²) in [5, 5.41) is 14.2. The molecule has 1 N–H and O–H groups in total. The average molecular weight is 422 g/mol. The molecule has 1 heterocycles. The lowest BCUT2D eigenvalue weighted by atomic mass is 10.1. The smallest absolute Gasteiger partial charge is 0.272 e. The fourth-order valence-corrected chi connectivity index (χ4v) is 3.32. The molecule has 7 nitrogen and oxygen atoms in total. The monoisotopic (exact) mass is 421 g/mol. The van der Waals surface area contributed by atoms with Crippen LogP contribution >= 0.6 is 11.6 Å². The van der Waals surface area contributed by atoms with Crippen molar-refractivity contribution >= 4 is 40.0 Å². The van der Waals surface area contributed by atoms with Crippen LogP contribution in [0.4, 0.5) is 11.4 Å². The average Bonchev–Trinajstić information content (AvgIpc) is 3.11. The lowest BCUT2D eigenvalue weighted by Gasteiger charge is -2.08. The second-order valence-electron chi connectivity index (χ2n) is 6.90. The van der Waals surface area contributed by atoms with E-state index < -0.39 is 10.8 Å². The minimum Gasteiger partial charge on any atom is -0.436 e. The Morgan fingerprint density at radius 2 is 1.90 bits per heavy atom. The number of rotatable bonds is 4. The van der Waals surface area contributed by atoms with Crippen LogP contribution < -0.4 is 5.32 Å². The van der Waals surface area contributed by atoms with Crippen LogP contribution in [0, 0.1) is 24.0 Å². The summed E-state index contributed by atoms with van der Waals surface area (Å²) in [4.78, 5) is 27.6. The Hall–Kier alpha value is -3.71. The summed E-state index contributed by atoms with van der Waals surface area (Å²) in [6.07, 6.45) is 0. The van der Waals surface area contributed by atoms with Gasteiger partial charge in [-0.25, -0.2) is 4.98 Å². The van der Waals surface area contributed by atoms with Crippen molar-refractivity contribution in [3.8, 4) is 11.5 Å². The first-order chi connectivity index (χ1) is 14.3. The normalized spacial score (nSPS) is 10.9. The standard InChI is InChI=1S/C22H16ClN3O4/c1-12-3-7-18-20(9-12)30-22(25-18)16-11-15(5-6-17(16)23)24-21(27)14-4-8-19(26(28)29)13(2)10-14/h3-11H,1-2H3,(H,24,27). The number of aromatic nitrogens is 1. The topological polar surface area (TPSA) is 98.3 Å². The maximum absolute atomic E-state index is 12.6. The van der Waals surface area contributed by atoms with E-state index in [1.54, 1.807) is 25.1 Å². The summed E-state index contributed by atoms with van der Waals surface area (Å²) in [5.41, 5.74) is 4.14. The maximum atomic E-state index is 12.6. The van der Waals surface area contributed by atoms with E-state index in [0.717, 1.165) is 5.56 Å². The van der Waals surface area contributed by atoms with Crippen LogP contribution in [0.1, 0.15) is 21.5 Å². The first kappa shape index (κ1) is 19.6. The number of nitrogens with one attached hydrogen (secondary N) is 1. The quantitative estimate of drug-likeness (QED) is 0.325. The lowest BCUT2D eigenvalue weighted by Crippen LogP contribution is -2.12. The number of nitrogens with zero attached hydrogens (tertiary/aromatic N) is 2. The Morgan fingerprint density at radius 3 is 2.63 bits per heavy atom. The minimum atomic E-state index is -0.482. The summed E-state index contributed by atoms with van der Waals surface area (Å²) < 4.78 is 5.84. The molecule has 0 aliphatic carbocycles. The lowest BCUT2D eigenvalue weighted by molar-refractivity contribution is -0.385. The van der Waals surface area contributed by atoms with E-state index in [-0.39, 0.29) is 5.69 Å². The number of hydrogen-bond acceptors (Lipinski definition) is 5. The SMILES string of the molecule is Cc1ccc2nc(-c3cc(NC(=O)c4ccc([N+](=O)[O-])c(C)c4)ccc3Cl)oc2c1. The molecule has 30 heavy (non-hydrogen) atoms. The zero-order chi connectivity index (χ0) is 21.4. The molecule has 0 radical (unpaired) electrons. The van der Waals surface area contributed by atoms with Gasteiger partial charge in [0.2, 0.25) is 5.89 Å². The first-order valence-corrected chi connectivity index (χ1v) is 9.43. The van der Waals surface area contributed by atoms with E-state index >= 15 is 0 Å². The number of hydrogen-bond donors (Lipinski definition) is 1. The molecule has 0 aliphatic rings. The molecule has 0 aliphatic heterocycles. The van der Waals surface area contributed by atoms with Gasteiger partial charge < -0.3 is 9.73 Å². The third kappa shape index (κ3) is 3.75. The van der Waals surface area contributed by atoms with E-state index in [4.69, 9.17) is 16.0 Å². The van der Waals surface area contributed by atoms with Crippen molar-refractivity contribution in [3.05, 3.63) is 86.4 Å². The largest absolute Gasteiger partial charge is 0.436 e. The van der Waals surface area contributed by atoms with Crippen LogP contribution in [-0.2, 0) is 0 Å². The van der Waals surface area contributed by atoms with Crippen LogP contribution in [-0.4, -0.2) is 15.8 Å². The molecule has 0 unspecified atom stereocenters. The Balaban J connectivity index is 1.63. The van der Waals surface area contributed by atoms with Gasteiger partial charge >= 0.3 is 0 Å². The Bertz CT molecular complexity index is 1310. The maximum Gasteiger partial charge on any atom is 0.272 e. The number of halogens is 1. The molecular weight excluding hydrogens is 406 g/mol. The van der Waals surface area contributed by atoms with Crippen molar-refractivity contribution in [2.45, 2.75) is 13.8 Å². The molecule has 150 valence electrons. The number of benzene rings is 3. The van der Waals surface area contributed by atoms with Crippen molar-refractivity contribution < 1.29 is 14.1 Å². The number of amides is 1. The zero-order valence-electron chi connectivity index (χ0n) is 16.1. The van der Waals surface area contributed by atoms with E-state index in [9.17, 15) is 14.9 Å². The molecule has 0 atom stereocenters. The van der Waals surface area contributed by atoms with Crippen molar-refractivity contribution in [3.63, 3.8) is 0 Å². The number of anilines is 1. The van der Waals surface area contributed by atoms with Crippen LogP contribution in [0.2, 0.25) is 5.02 Å². The molecule has 3 aromatic carbocycles. The van der Waals surface area contributed by atoms with Crippen LogP contribution in [0.15, 0.2) is 59.0 Å². The van der Waals surface area contributed by atoms with Crippen molar-refractivity contribution in [2.24, 2.45) is 0 Å². The summed E-state index contributed by atoms with van der Waals surface area (Å²) in [6, 6.07) is 14.9. The molecule has 4 rings (SSSR count). The summed E-state index contributed by atoms with van der Waals surface area (Å²) in [5.74, 6) is -0.0441. The van der Waals surface area contributed by atoms with Gasteiger partial charge in [-0.05, 0) is 61.9 Å². The van der Waals surface area contributed by atoms with Gasteiger partial charge in [-0.1, -0.05) is 17.7 Å². The van der Waals surface area contributed by atoms with Crippen molar-refractivity contribution in [2.75, 3.05) is 5.32 Å². The highest BCUT2D eigenvalue weighted by Gasteiger charge is 2.16. The highest BCUT2D eigenvalue weighted by molar-refractivity contribution is 6.33. The highest BCUT2D eigenvalue weighted by atomic mass is 35.5. The second-order valence-corrected chi connectivity index (χ2v) is 7.30. The number of fused-ring (bicyclic) bond motifs is 1. The van der Waals surface area contributed by atoms with Gasteiger partial charge in [0, 0.05) is 22.9 Å². The molecule has 0 spiro atoms. The van der Waals surface area contributed by atoms with Crippen molar-refractivity contribution in [1.29, 1.82) is 0 Å². The second kappa shape index (κ2) is 7.61. The van der Waals surface area contributed by atoms with E-state index in [1.165, 1.54) is 18.2 Å². The highest BCUT2D eigenvalue weighted by Crippen LogP contribution is 2.32. The molecule has 4 aromatic rings. The molecule has 1 aromatic heterocycles. The minimum absolute atomic E-state index is 0.0356. The fraction of sp³-hybridized carbons (Fsp3) is 0.0909. The fourth-order valence-electron chi connectivity index (χ4n) is 3.12. The molecule has 0 bridgehead atoms. The number of nitro groups is 1. The predicted octanol–water partition coefficient (Wildman–Crippen LogP) is 5.93. The number of aryl methyl sites for hydroxylation is 2. The van der Waals surface area contributed by atoms with Gasteiger partial charge in [0.05, 0.1) is 15.5 Å². The molecule has 1 amide bonds. The van der Waals surface area contributed by atoms with E-state index in [0.29, 0.717) is 44.4 Å². The molecule has 8 heteroatoms. The van der Waals surface area contributed by atoms with Gasteiger partial charge in [-0.2, -0.15) is 0 Å². The third-order valence-corrected chi connectivity index (χ3v) is 4.98. The number of carbonyl (C=O) groups excluding carboxylic acids is 1. The summed E-state index contributed by atoms with van der Waals surface area (Å²) >= 11 is 6.33. The number of oxazole rings is 1. The predicted molar refractivity (Wildman–Crippen MR) is 115 cm³/mol. The number of carbonyl (C=O) groups is 1. The van der Waals surface area contributed by atoms with Gasteiger partial charge in [0.15, 0.2) is 5.58 Å². The van der Waals surface area contributed by atoms with Crippen molar-refractivity contribution in [1.82, 2.24) is 4.98 Å². The third-order valence-electron chi connectivity index (χ3n) is 4.65. The Labute approximate surface area is 176 Å². The van der Waals surface area contributed by atoms with Crippen LogP contribution in [0.25, 0.3) is 22.6 Å². The zero-order valence-corrected chi connectivity index (χ0v) is 16.9. The molecule has 0 saturated carbocycles. The van der Waals surface area contributed by atoms with Gasteiger partial charge in [-0.15, -0.1) is 0 Å². The Kier molecular flexibility index (Phi) is 4.97. The first-order valence-electron chi connectivity index (χ1n) is 9.05. The molecule has 0 saturated heterocycles. The summed E-state index contributed by atoms with van der Waals surface area (Å²) in [6.45, 7) is 3.55. The van der Waals surface area contributed by atoms with Crippen LogP contribution in [0.3, 0.4) is 0 Å². The van der Waals surface area contributed by atoms with Gasteiger partial charge in [0.1, 0.15) is 5.52 Å². The summed E-state index contributed by atoms with van der Waals surface area (Å²) in [7, 11) is 0.